The number of likely N-dealkylation sites (tertiary alicyclic amines) is 1. The molecule has 1 saturated heterocycles. The van der Waals surface area contributed by atoms with E-state index in [0.717, 1.165) is 17.7 Å². The zero-order valence-electron chi connectivity index (χ0n) is 17.9. The first kappa shape index (κ1) is 23.4. The summed E-state index contributed by atoms with van der Waals surface area (Å²) >= 11 is 0. The molecule has 0 saturated carbocycles. The van der Waals surface area contributed by atoms with Crippen molar-refractivity contribution in [1.29, 1.82) is 0 Å². The highest BCUT2D eigenvalue weighted by Crippen LogP contribution is 3.02. The Morgan fingerprint density at radius 1 is 1.09 bits per heavy atom. The molecular formula is C21H23F5N4O2S. The average Bonchev–Trinajstić information content (AvgIpc) is 3.17. The van der Waals surface area contributed by atoms with Gasteiger partial charge in [-0.25, -0.2) is 9.97 Å². The highest BCUT2D eigenvalue weighted by Gasteiger charge is 2.65. The average molecular weight is 490 g/mol. The van der Waals surface area contributed by atoms with Crippen molar-refractivity contribution in [2.75, 3.05) is 13.1 Å². The Morgan fingerprint density at radius 3 is 2.24 bits per heavy atom. The summed E-state index contributed by atoms with van der Waals surface area (Å²) in [5, 5.41) is 10.2. The number of nitrogens with one attached hydrogen (secondary N) is 1. The van der Waals surface area contributed by atoms with Crippen LogP contribution in [0.3, 0.4) is 0 Å². The summed E-state index contributed by atoms with van der Waals surface area (Å²) in [7, 11) is -9.77. The number of carbonyl (C=O) groups excluding carboxylic acids is 1. The first-order valence-corrected chi connectivity index (χ1v) is 12.2. The number of aliphatic hydroxyl groups is 1. The van der Waals surface area contributed by atoms with E-state index in [1.54, 1.807) is 20.0 Å². The SMILES string of the molecule is CC(C)(O)c1nc2nccc(C3CCN(C(=O)c4ccc(S(F)(F)(F)(F)F)cc4)CC3)c2[nH]1. The van der Waals surface area contributed by atoms with E-state index in [2.05, 4.69) is 15.0 Å². The van der Waals surface area contributed by atoms with Crippen LogP contribution in [0, 0.1) is 0 Å². The summed E-state index contributed by atoms with van der Waals surface area (Å²) in [5.41, 5.74) is 0.906. The van der Waals surface area contributed by atoms with Crippen molar-refractivity contribution < 1.29 is 29.3 Å². The van der Waals surface area contributed by atoms with Gasteiger partial charge in [0.15, 0.2) is 5.65 Å². The maximum absolute atomic E-state index is 12.9. The van der Waals surface area contributed by atoms with E-state index in [1.165, 1.54) is 4.90 Å². The number of imidazole rings is 1. The lowest BCUT2D eigenvalue weighted by atomic mass is 9.89. The van der Waals surface area contributed by atoms with E-state index in [-0.39, 0.29) is 23.6 Å². The molecule has 0 aliphatic carbocycles. The number of halogens is 5. The zero-order chi connectivity index (χ0) is 24.3. The van der Waals surface area contributed by atoms with Gasteiger partial charge in [0.25, 0.3) is 5.91 Å². The molecule has 3 aromatic rings. The monoisotopic (exact) mass is 490 g/mol. The number of fused-ring (bicyclic) bond motifs is 1. The van der Waals surface area contributed by atoms with Crippen molar-refractivity contribution in [3.8, 4) is 0 Å². The molecule has 12 heteroatoms. The van der Waals surface area contributed by atoms with E-state index >= 15 is 0 Å². The van der Waals surface area contributed by atoms with E-state index in [9.17, 15) is 29.3 Å². The number of benzene rings is 1. The summed E-state index contributed by atoms with van der Waals surface area (Å²) in [6.07, 6.45) is 2.81. The Bertz CT molecular complexity index is 1210. The molecule has 6 nitrogen and oxygen atoms in total. The Balaban J connectivity index is 1.48. The summed E-state index contributed by atoms with van der Waals surface area (Å²) < 4.78 is 64.5. The minimum Gasteiger partial charge on any atom is -0.383 e. The molecule has 2 N–H and O–H groups in total. The Morgan fingerprint density at radius 2 is 1.70 bits per heavy atom. The smallest absolute Gasteiger partial charge is 0.310 e. The van der Waals surface area contributed by atoms with Gasteiger partial charge in [-0.05, 0) is 68.5 Å². The van der Waals surface area contributed by atoms with Gasteiger partial charge in [0, 0.05) is 24.8 Å². The van der Waals surface area contributed by atoms with Gasteiger partial charge in [0.1, 0.15) is 16.3 Å². The number of hydrogen-bond acceptors (Lipinski definition) is 4. The van der Waals surface area contributed by atoms with Gasteiger partial charge < -0.3 is 15.0 Å². The van der Waals surface area contributed by atoms with Crippen LogP contribution in [0.2, 0.25) is 0 Å². The van der Waals surface area contributed by atoms with E-state index < -0.39 is 26.6 Å². The number of aromatic nitrogens is 3. The van der Waals surface area contributed by atoms with Crippen molar-refractivity contribution in [3.63, 3.8) is 0 Å². The number of pyridine rings is 1. The number of hydrogen-bond donors (Lipinski definition) is 2. The Kier molecular flexibility index (Phi) is 4.89. The normalized spacial score (nSPS) is 18.2. The molecule has 1 fully saturated rings. The fraction of sp³-hybridized carbons (Fsp3) is 0.381. The highest BCUT2D eigenvalue weighted by molar-refractivity contribution is 8.45. The minimum atomic E-state index is -9.77. The molecule has 180 valence electrons. The lowest BCUT2D eigenvalue weighted by Crippen LogP contribution is -2.38. The molecular weight excluding hydrogens is 467 g/mol. The number of carbonyl (C=O) groups is 1. The number of aromatic amines is 1. The number of nitrogens with zero attached hydrogens (tertiary/aromatic N) is 3. The maximum Gasteiger partial charge on any atom is 0.310 e. The highest BCUT2D eigenvalue weighted by atomic mass is 32.5. The van der Waals surface area contributed by atoms with Crippen LogP contribution in [0.5, 0.6) is 0 Å². The van der Waals surface area contributed by atoms with Gasteiger partial charge in [0.05, 0.1) is 5.52 Å². The van der Waals surface area contributed by atoms with Gasteiger partial charge in [-0.1, -0.05) is 19.4 Å². The first-order chi connectivity index (χ1) is 15.0. The van der Waals surface area contributed by atoms with Crippen molar-refractivity contribution in [3.05, 3.63) is 53.5 Å². The van der Waals surface area contributed by atoms with Crippen LogP contribution < -0.4 is 0 Å². The van der Waals surface area contributed by atoms with Crippen molar-refractivity contribution >= 4 is 27.3 Å². The second-order valence-electron chi connectivity index (χ2n) is 8.80. The number of rotatable bonds is 4. The molecule has 3 heterocycles. The van der Waals surface area contributed by atoms with Crippen LogP contribution in [0.25, 0.3) is 11.2 Å². The molecule has 0 bridgehead atoms. The Labute approximate surface area is 186 Å². The maximum atomic E-state index is 12.9. The summed E-state index contributed by atoms with van der Waals surface area (Å²) in [5.74, 6) is -0.0434. The predicted molar refractivity (Wildman–Crippen MR) is 115 cm³/mol. The third-order valence-electron chi connectivity index (χ3n) is 5.77. The summed E-state index contributed by atoms with van der Waals surface area (Å²) in [6, 6.07) is 3.95. The zero-order valence-corrected chi connectivity index (χ0v) is 18.7. The van der Waals surface area contributed by atoms with E-state index in [4.69, 9.17) is 0 Å². The summed E-state index contributed by atoms with van der Waals surface area (Å²) in [4.78, 5) is 23.9. The third kappa shape index (κ3) is 4.81. The predicted octanol–water partition coefficient (Wildman–Crippen LogP) is 5.86. The van der Waals surface area contributed by atoms with Gasteiger partial charge >= 0.3 is 10.2 Å². The fourth-order valence-electron chi connectivity index (χ4n) is 3.99. The van der Waals surface area contributed by atoms with Crippen LogP contribution in [-0.4, -0.2) is 44.0 Å². The largest absolute Gasteiger partial charge is 0.383 e. The van der Waals surface area contributed by atoms with Gasteiger partial charge in [-0.2, -0.15) is 0 Å². The summed E-state index contributed by atoms with van der Waals surface area (Å²) in [6.45, 7) is 3.92. The molecule has 1 aliphatic heterocycles. The molecule has 33 heavy (non-hydrogen) atoms. The van der Waals surface area contributed by atoms with Gasteiger partial charge in [-0.3, -0.25) is 4.79 Å². The molecule has 1 aliphatic rings. The lowest BCUT2D eigenvalue weighted by Gasteiger charge is -2.40. The molecule has 0 spiro atoms. The van der Waals surface area contributed by atoms with E-state index in [1.807, 2.05) is 6.07 Å². The topological polar surface area (TPSA) is 82.1 Å². The van der Waals surface area contributed by atoms with Crippen molar-refractivity contribution in [2.24, 2.45) is 0 Å². The number of H-pyrrole nitrogens is 1. The molecule has 4 rings (SSSR count). The standard InChI is InChI=1S/C21H23F5N4O2S/c1-21(2,32)20-28-17-16(7-10-27-18(17)29-20)13-8-11-30(12-9-13)19(31)14-3-5-15(6-4-14)33(22,23,24,25)26/h3-7,10,13,32H,8-9,11-12H2,1-2H3,(H,27,28,29). The van der Waals surface area contributed by atoms with Crippen LogP contribution in [0.4, 0.5) is 19.4 Å². The van der Waals surface area contributed by atoms with Crippen LogP contribution in [0.15, 0.2) is 41.4 Å². The molecule has 1 aromatic carbocycles. The molecule has 0 atom stereocenters. The molecule has 0 radical (unpaired) electrons. The van der Waals surface area contributed by atoms with Gasteiger partial charge in [0.2, 0.25) is 0 Å². The second-order valence-corrected chi connectivity index (χ2v) is 11.2. The van der Waals surface area contributed by atoms with E-state index in [0.29, 0.717) is 42.9 Å². The lowest BCUT2D eigenvalue weighted by molar-refractivity contribution is 0.0696. The fourth-order valence-corrected chi connectivity index (χ4v) is 4.64. The first-order valence-electron chi connectivity index (χ1n) is 10.2. The Hall–Kier alpha value is -2.73. The number of amides is 1. The second kappa shape index (κ2) is 6.89. The quantitative estimate of drug-likeness (QED) is 0.449. The molecule has 1 amide bonds. The van der Waals surface area contributed by atoms with Crippen molar-refractivity contribution in [1.82, 2.24) is 19.9 Å². The van der Waals surface area contributed by atoms with Crippen LogP contribution in [-0.2, 0) is 5.60 Å². The molecule has 0 unspecified atom stereocenters. The van der Waals surface area contributed by atoms with Crippen LogP contribution >= 0.6 is 10.2 Å². The van der Waals surface area contributed by atoms with Crippen LogP contribution in [0.1, 0.15) is 54.4 Å². The molecule has 2 aromatic heterocycles. The number of piperidine rings is 1. The van der Waals surface area contributed by atoms with Crippen molar-refractivity contribution in [2.45, 2.75) is 43.1 Å². The van der Waals surface area contributed by atoms with Gasteiger partial charge in [-0.15, -0.1) is 0 Å². The third-order valence-corrected chi connectivity index (χ3v) is 6.94. The minimum absolute atomic E-state index is 0.0742.